The second-order valence-corrected chi connectivity index (χ2v) is 14.4. The molecule has 4 unspecified atom stereocenters. The lowest BCUT2D eigenvalue weighted by atomic mass is 9.42. The summed E-state index contributed by atoms with van der Waals surface area (Å²) in [6, 6.07) is 0. The number of carbonyl (C=O) groups is 3. The third kappa shape index (κ3) is 3.24. The van der Waals surface area contributed by atoms with Gasteiger partial charge in [-0.3, -0.25) is 4.79 Å². The van der Waals surface area contributed by atoms with Crippen LogP contribution in [0.2, 0.25) is 0 Å². The molecule has 232 valence electrons. The van der Waals surface area contributed by atoms with E-state index in [1.54, 1.807) is 13.0 Å². The van der Waals surface area contributed by atoms with Gasteiger partial charge in [0.1, 0.15) is 29.2 Å². The van der Waals surface area contributed by atoms with Crippen LogP contribution < -0.4 is 0 Å². The normalized spacial score (nSPS) is 48.0. The lowest BCUT2D eigenvalue weighted by Gasteiger charge is -2.63. The number of rotatable bonds is 3. The third-order valence-electron chi connectivity index (χ3n) is 13.0. The topological polar surface area (TPSA) is 161 Å². The van der Waals surface area contributed by atoms with E-state index in [2.05, 4.69) is 4.98 Å². The highest BCUT2D eigenvalue weighted by molar-refractivity contribution is 5.98. The summed E-state index contributed by atoms with van der Waals surface area (Å²) in [7, 11) is 0. The van der Waals surface area contributed by atoms with Crippen LogP contribution in [0.1, 0.15) is 73.1 Å². The second kappa shape index (κ2) is 8.65. The van der Waals surface area contributed by atoms with Crippen LogP contribution in [-0.2, 0) is 23.8 Å². The minimum absolute atomic E-state index is 0.0956. The van der Waals surface area contributed by atoms with E-state index in [1.165, 1.54) is 36.3 Å². The molecule has 1 spiro atoms. The number of carbonyl (C=O) groups excluding carboxylic acids is 3. The SMILES string of the molecule is CC1=C(C)C(=O)OC(C(C)(O)[C@]2(O)CC[C@@]3(O)C4C[C@H]5O[C@]56[C@@H](OC(=O)n5ccnc5)C=CC(=O)[C@]6(C)C4CC[C@@]32C)C1. The van der Waals surface area contributed by atoms with E-state index in [0.29, 0.717) is 24.8 Å². The van der Waals surface area contributed by atoms with Crippen LogP contribution in [0.4, 0.5) is 4.79 Å². The highest BCUT2D eigenvalue weighted by atomic mass is 16.7. The fraction of sp³-hybridized carbons (Fsp3) is 0.688. The van der Waals surface area contributed by atoms with Crippen molar-refractivity contribution in [3.05, 3.63) is 42.0 Å². The van der Waals surface area contributed by atoms with Gasteiger partial charge in [-0.2, -0.15) is 0 Å². The van der Waals surface area contributed by atoms with Gasteiger partial charge < -0.3 is 29.5 Å². The fourth-order valence-electron chi connectivity index (χ4n) is 10.1. The minimum atomic E-state index is -1.86. The van der Waals surface area contributed by atoms with Crippen molar-refractivity contribution in [2.75, 3.05) is 0 Å². The average molecular weight is 597 g/mol. The molecule has 3 heterocycles. The number of epoxide rings is 1. The molecule has 4 aliphatic carbocycles. The van der Waals surface area contributed by atoms with Gasteiger partial charge in [0.25, 0.3) is 0 Å². The van der Waals surface area contributed by atoms with Crippen molar-refractivity contribution in [3.8, 4) is 0 Å². The maximum Gasteiger partial charge on any atom is 0.419 e. The predicted octanol–water partition coefficient (Wildman–Crippen LogP) is 2.61. The number of nitrogens with zero attached hydrogens (tertiary/aromatic N) is 2. The van der Waals surface area contributed by atoms with Gasteiger partial charge in [0.2, 0.25) is 0 Å². The van der Waals surface area contributed by atoms with Crippen molar-refractivity contribution in [2.24, 2.45) is 22.7 Å². The summed E-state index contributed by atoms with van der Waals surface area (Å²) in [4.78, 5) is 43.2. The molecule has 0 aromatic carbocycles. The molecule has 3 saturated carbocycles. The minimum Gasteiger partial charge on any atom is -0.455 e. The van der Waals surface area contributed by atoms with Gasteiger partial charge in [0.15, 0.2) is 11.9 Å². The average Bonchev–Trinajstić information content (AvgIpc) is 3.33. The molecule has 11 heteroatoms. The van der Waals surface area contributed by atoms with Crippen molar-refractivity contribution in [2.45, 2.75) is 114 Å². The van der Waals surface area contributed by atoms with Crippen LogP contribution in [0.3, 0.4) is 0 Å². The standard InChI is InChI=1S/C32H40N2O9/c1-17-14-23(41-25(36)18(17)2)29(5,38)31(40)11-10-30(39)20-15-24-32(43-24)22(42-26(37)34-13-12-33-16-34)7-6-21(35)28(32,4)19(20)8-9-27(30,31)3/h6-7,12-13,16,19-20,22-24,38-40H,8-11,14-15H2,1-5H3/t19?,20?,22-,23?,24+,27-,28-,29?,30+,31-,32+/m0/s1. The number of aromatic nitrogens is 2. The van der Waals surface area contributed by atoms with Crippen molar-refractivity contribution in [3.63, 3.8) is 0 Å². The third-order valence-corrected chi connectivity index (χ3v) is 13.0. The lowest BCUT2D eigenvalue weighted by molar-refractivity contribution is -0.283. The van der Waals surface area contributed by atoms with E-state index in [9.17, 15) is 29.7 Å². The molecule has 2 aliphatic heterocycles. The first-order valence-corrected chi connectivity index (χ1v) is 15.2. The zero-order chi connectivity index (χ0) is 31.0. The highest BCUT2D eigenvalue weighted by Crippen LogP contribution is 2.75. The number of aliphatic hydroxyl groups is 3. The molecule has 11 nitrogen and oxygen atoms in total. The maximum atomic E-state index is 13.8. The Morgan fingerprint density at radius 1 is 1.16 bits per heavy atom. The maximum absolute atomic E-state index is 13.8. The number of allylic oxidation sites excluding steroid dienone is 1. The Morgan fingerprint density at radius 2 is 1.91 bits per heavy atom. The molecule has 0 amide bonds. The van der Waals surface area contributed by atoms with E-state index in [-0.39, 0.29) is 31.0 Å². The van der Waals surface area contributed by atoms with Gasteiger partial charge in [-0.1, -0.05) is 12.5 Å². The Bertz CT molecular complexity index is 1480. The Morgan fingerprint density at radius 3 is 2.58 bits per heavy atom. The van der Waals surface area contributed by atoms with Crippen LogP contribution in [0, 0.1) is 22.7 Å². The van der Waals surface area contributed by atoms with Crippen molar-refractivity contribution in [1.82, 2.24) is 9.55 Å². The quantitative estimate of drug-likeness (QED) is 0.350. The highest BCUT2D eigenvalue weighted by Gasteiger charge is 2.85. The number of ketones is 1. The number of hydrogen-bond donors (Lipinski definition) is 3. The molecule has 1 saturated heterocycles. The van der Waals surface area contributed by atoms with Crippen LogP contribution in [0.15, 0.2) is 42.0 Å². The molecule has 1 aromatic rings. The van der Waals surface area contributed by atoms with Crippen molar-refractivity contribution >= 4 is 17.8 Å². The summed E-state index contributed by atoms with van der Waals surface area (Å²) >= 11 is 0. The number of imidazole rings is 1. The Labute approximate surface area is 249 Å². The van der Waals surface area contributed by atoms with E-state index < -0.39 is 69.5 Å². The van der Waals surface area contributed by atoms with E-state index in [4.69, 9.17) is 14.2 Å². The monoisotopic (exact) mass is 596 g/mol. The number of cyclic esters (lactones) is 1. The molecule has 0 bridgehead atoms. The summed E-state index contributed by atoms with van der Waals surface area (Å²) in [6.07, 6.45) is 6.27. The Balaban J connectivity index is 1.22. The Kier molecular flexibility index (Phi) is 5.81. The first-order valence-electron chi connectivity index (χ1n) is 15.2. The largest absolute Gasteiger partial charge is 0.455 e. The number of ether oxygens (including phenoxy) is 3. The first kappa shape index (κ1) is 28.9. The summed E-state index contributed by atoms with van der Waals surface area (Å²) < 4.78 is 19.2. The molecule has 1 aromatic heterocycles. The smallest absolute Gasteiger partial charge is 0.419 e. The van der Waals surface area contributed by atoms with E-state index >= 15 is 0 Å². The zero-order valence-electron chi connectivity index (χ0n) is 25.2. The molecular formula is C32H40N2O9. The van der Waals surface area contributed by atoms with Crippen LogP contribution in [0.5, 0.6) is 0 Å². The molecule has 4 fully saturated rings. The van der Waals surface area contributed by atoms with Gasteiger partial charge in [0.05, 0.1) is 17.1 Å². The van der Waals surface area contributed by atoms with E-state index in [0.717, 1.165) is 5.57 Å². The van der Waals surface area contributed by atoms with Gasteiger partial charge in [0, 0.05) is 29.8 Å². The lowest BCUT2D eigenvalue weighted by Crippen LogP contribution is -2.73. The van der Waals surface area contributed by atoms with Gasteiger partial charge in [-0.25, -0.2) is 19.1 Å². The Hall–Kier alpha value is -2.86. The summed E-state index contributed by atoms with van der Waals surface area (Å²) in [6.45, 7) is 8.69. The zero-order valence-corrected chi connectivity index (χ0v) is 25.2. The van der Waals surface area contributed by atoms with Crippen molar-refractivity contribution < 1.29 is 43.9 Å². The molecule has 43 heavy (non-hydrogen) atoms. The number of hydrogen-bond acceptors (Lipinski definition) is 10. The van der Waals surface area contributed by atoms with E-state index in [1.807, 2.05) is 20.8 Å². The second-order valence-electron chi connectivity index (χ2n) is 14.4. The summed E-state index contributed by atoms with van der Waals surface area (Å²) in [5, 5.41) is 37.3. The molecule has 3 N–H and O–H groups in total. The molecule has 0 radical (unpaired) electrons. The van der Waals surface area contributed by atoms with Crippen LogP contribution in [0.25, 0.3) is 0 Å². The molecular weight excluding hydrogens is 556 g/mol. The summed E-state index contributed by atoms with van der Waals surface area (Å²) in [5.41, 5.74) is -7.11. The van der Waals surface area contributed by atoms with Crippen LogP contribution >= 0.6 is 0 Å². The summed E-state index contributed by atoms with van der Waals surface area (Å²) in [5.74, 6) is -1.42. The number of esters is 1. The predicted molar refractivity (Wildman–Crippen MR) is 149 cm³/mol. The fourth-order valence-corrected chi connectivity index (χ4v) is 10.1. The van der Waals surface area contributed by atoms with Gasteiger partial charge in [-0.15, -0.1) is 0 Å². The van der Waals surface area contributed by atoms with Gasteiger partial charge in [-0.05, 0) is 83.8 Å². The molecule has 6 aliphatic rings. The van der Waals surface area contributed by atoms with Crippen molar-refractivity contribution in [1.29, 1.82) is 0 Å². The number of fused-ring (bicyclic) bond motifs is 4. The molecule has 7 rings (SSSR count). The first-order chi connectivity index (χ1) is 20.1. The molecule has 11 atom stereocenters. The van der Waals surface area contributed by atoms with Gasteiger partial charge >= 0.3 is 12.1 Å². The van der Waals surface area contributed by atoms with Crippen LogP contribution in [-0.4, -0.2) is 83.4 Å².